The number of hydrogen-bond acceptors (Lipinski definition) is 3. The number of ether oxygens (including phenoxy) is 1. The lowest BCUT2D eigenvalue weighted by atomic mass is 9.92. The summed E-state index contributed by atoms with van der Waals surface area (Å²) in [5.41, 5.74) is 1.22. The SMILES string of the molecule is CCC(NC1CCOC(C)(C)C1)c1ccc(O)cc1. The highest BCUT2D eigenvalue weighted by Gasteiger charge is 2.29. The molecule has 2 N–H and O–H groups in total. The van der Waals surface area contributed by atoms with Crippen LogP contribution in [-0.4, -0.2) is 23.4 Å². The van der Waals surface area contributed by atoms with Gasteiger partial charge in [0.25, 0.3) is 0 Å². The van der Waals surface area contributed by atoms with Gasteiger partial charge in [0.05, 0.1) is 5.60 Å². The summed E-state index contributed by atoms with van der Waals surface area (Å²) < 4.78 is 5.76. The van der Waals surface area contributed by atoms with Gasteiger partial charge in [-0.05, 0) is 50.8 Å². The maximum Gasteiger partial charge on any atom is 0.115 e. The molecule has 1 aliphatic heterocycles. The number of aromatic hydroxyl groups is 1. The summed E-state index contributed by atoms with van der Waals surface area (Å²) in [5, 5.41) is 13.1. The van der Waals surface area contributed by atoms with E-state index in [1.807, 2.05) is 12.1 Å². The zero-order valence-electron chi connectivity index (χ0n) is 12.1. The number of rotatable bonds is 4. The molecule has 0 bridgehead atoms. The van der Waals surface area contributed by atoms with Crippen LogP contribution in [0.15, 0.2) is 24.3 Å². The maximum absolute atomic E-state index is 9.36. The zero-order chi connectivity index (χ0) is 13.9. The fourth-order valence-electron chi connectivity index (χ4n) is 2.82. The van der Waals surface area contributed by atoms with E-state index in [2.05, 4.69) is 26.1 Å². The van der Waals surface area contributed by atoms with Gasteiger partial charge in [-0.2, -0.15) is 0 Å². The molecular weight excluding hydrogens is 238 g/mol. The second kappa shape index (κ2) is 5.93. The van der Waals surface area contributed by atoms with Crippen LogP contribution in [-0.2, 0) is 4.74 Å². The van der Waals surface area contributed by atoms with E-state index in [1.165, 1.54) is 5.56 Å². The lowest BCUT2D eigenvalue weighted by Gasteiger charge is -2.37. The van der Waals surface area contributed by atoms with Crippen LogP contribution >= 0.6 is 0 Å². The fourth-order valence-corrected chi connectivity index (χ4v) is 2.82. The third-order valence-corrected chi connectivity index (χ3v) is 3.84. The first-order chi connectivity index (χ1) is 9.00. The van der Waals surface area contributed by atoms with Gasteiger partial charge in [0.15, 0.2) is 0 Å². The van der Waals surface area contributed by atoms with Gasteiger partial charge < -0.3 is 15.2 Å². The first-order valence-electron chi connectivity index (χ1n) is 7.19. The molecule has 1 aliphatic rings. The van der Waals surface area contributed by atoms with Crippen LogP contribution in [0.4, 0.5) is 0 Å². The summed E-state index contributed by atoms with van der Waals surface area (Å²) in [6.07, 6.45) is 3.15. The van der Waals surface area contributed by atoms with Gasteiger partial charge in [-0.15, -0.1) is 0 Å². The number of benzene rings is 1. The third-order valence-electron chi connectivity index (χ3n) is 3.84. The quantitative estimate of drug-likeness (QED) is 0.875. The molecule has 0 radical (unpaired) electrons. The molecule has 2 unspecified atom stereocenters. The Morgan fingerprint density at radius 1 is 1.37 bits per heavy atom. The van der Waals surface area contributed by atoms with Gasteiger partial charge in [-0.25, -0.2) is 0 Å². The van der Waals surface area contributed by atoms with Crippen LogP contribution in [0, 0.1) is 0 Å². The molecule has 0 aromatic heterocycles. The van der Waals surface area contributed by atoms with E-state index < -0.39 is 0 Å². The molecule has 19 heavy (non-hydrogen) atoms. The smallest absolute Gasteiger partial charge is 0.115 e. The van der Waals surface area contributed by atoms with Crippen molar-refractivity contribution in [2.24, 2.45) is 0 Å². The molecule has 2 atom stereocenters. The van der Waals surface area contributed by atoms with E-state index >= 15 is 0 Å². The highest BCUT2D eigenvalue weighted by molar-refractivity contribution is 5.28. The lowest BCUT2D eigenvalue weighted by molar-refractivity contribution is -0.0642. The summed E-state index contributed by atoms with van der Waals surface area (Å²) in [5.74, 6) is 0.325. The van der Waals surface area contributed by atoms with Crippen LogP contribution in [0.25, 0.3) is 0 Å². The monoisotopic (exact) mass is 263 g/mol. The van der Waals surface area contributed by atoms with Crippen molar-refractivity contribution in [2.45, 2.75) is 57.7 Å². The molecule has 0 amide bonds. The molecule has 0 aliphatic carbocycles. The van der Waals surface area contributed by atoms with Gasteiger partial charge in [-0.3, -0.25) is 0 Å². The standard InChI is InChI=1S/C16H25NO2/c1-4-15(12-5-7-14(18)8-6-12)17-13-9-10-19-16(2,3)11-13/h5-8,13,15,17-18H,4,9-11H2,1-3H3. The van der Waals surface area contributed by atoms with Crippen LogP contribution in [0.1, 0.15) is 51.6 Å². The summed E-state index contributed by atoms with van der Waals surface area (Å²) in [6.45, 7) is 7.33. The second-order valence-electron chi connectivity index (χ2n) is 6.02. The van der Waals surface area contributed by atoms with Crippen LogP contribution in [0.2, 0.25) is 0 Å². The van der Waals surface area contributed by atoms with Gasteiger partial charge >= 0.3 is 0 Å². The average molecular weight is 263 g/mol. The van der Waals surface area contributed by atoms with E-state index in [0.717, 1.165) is 25.9 Å². The first kappa shape index (κ1) is 14.4. The van der Waals surface area contributed by atoms with Crippen molar-refractivity contribution < 1.29 is 9.84 Å². The van der Waals surface area contributed by atoms with E-state index in [9.17, 15) is 5.11 Å². The Hall–Kier alpha value is -1.06. The fraction of sp³-hybridized carbons (Fsp3) is 0.625. The van der Waals surface area contributed by atoms with Crippen molar-refractivity contribution in [1.82, 2.24) is 5.32 Å². The molecule has 3 nitrogen and oxygen atoms in total. The van der Waals surface area contributed by atoms with Gasteiger partial charge in [0.2, 0.25) is 0 Å². The predicted molar refractivity (Wildman–Crippen MR) is 77.3 cm³/mol. The predicted octanol–water partition coefficient (Wildman–Crippen LogP) is 3.39. The molecule has 0 saturated carbocycles. The normalized spacial score (nSPS) is 24.1. The second-order valence-corrected chi connectivity index (χ2v) is 6.02. The van der Waals surface area contributed by atoms with Gasteiger partial charge in [0.1, 0.15) is 5.75 Å². The van der Waals surface area contributed by atoms with Gasteiger partial charge in [-0.1, -0.05) is 19.1 Å². The molecule has 3 heteroatoms. The Morgan fingerprint density at radius 3 is 2.63 bits per heavy atom. The largest absolute Gasteiger partial charge is 0.508 e. The number of hydrogen-bond donors (Lipinski definition) is 2. The van der Waals surface area contributed by atoms with E-state index in [1.54, 1.807) is 12.1 Å². The molecule has 1 saturated heterocycles. The van der Waals surface area contributed by atoms with Gasteiger partial charge in [0, 0.05) is 18.7 Å². The van der Waals surface area contributed by atoms with E-state index in [0.29, 0.717) is 17.8 Å². The Bertz CT molecular complexity index is 400. The van der Waals surface area contributed by atoms with Crippen LogP contribution in [0.3, 0.4) is 0 Å². The molecule has 1 fully saturated rings. The van der Waals surface area contributed by atoms with E-state index in [-0.39, 0.29) is 5.60 Å². The minimum Gasteiger partial charge on any atom is -0.508 e. The highest BCUT2D eigenvalue weighted by atomic mass is 16.5. The van der Waals surface area contributed by atoms with Crippen molar-refractivity contribution >= 4 is 0 Å². The van der Waals surface area contributed by atoms with E-state index in [4.69, 9.17) is 4.74 Å². The topological polar surface area (TPSA) is 41.5 Å². The van der Waals surface area contributed by atoms with Crippen molar-refractivity contribution in [3.05, 3.63) is 29.8 Å². The molecule has 106 valence electrons. The Morgan fingerprint density at radius 2 is 2.05 bits per heavy atom. The molecular formula is C16H25NO2. The summed E-state index contributed by atoms with van der Waals surface area (Å²) in [7, 11) is 0. The third kappa shape index (κ3) is 3.95. The first-order valence-corrected chi connectivity index (χ1v) is 7.19. The lowest BCUT2D eigenvalue weighted by Crippen LogP contribution is -2.44. The molecule has 2 rings (SSSR count). The molecule has 1 heterocycles. The summed E-state index contributed by atoms with van der Waals surface area (Å²) in [6, 6.07) is 8.37. The Kier molecular flexibility index (Phi) is 4.48. The highest BCUT2D eigenvalue weighted by Crippen LogP contribution is 2.27. The number of nitrogens with one attached hydrogen (secondary N) is 1. The molecule has 1 aromatic rings. The summed E-state index contributed by atoms with van der Waals surface area (Å²) in [4.78, 5) is 0. The van der Waals surface area contributed by atoms with Crippen molar-refractivity contribution in [2.75, 3.05) is 6.61 Å². The molecule has 0 spiro atoms. The number of phenols is 1. The minimum absolute atomic E-state index is 0.0246. The van der Waals surface area contributed by atoms with Crippen molar-refractivity contribution in [3.63, 3.8) is 0 Å². The van der Waals surface area contributed by atoms with Crippen LogP contribution in [0.5, 0.6) is 5.75 Å². The number of phenolic OH excluding ortho intramolecular Hbond substituents is 1. The van der Waals surface area contributed by atoms with Crippen molar-refractivity contribution in [3.8, 4) is 5.75 Å². The zero-order valence-corrected chi connectivity index (χ0v) is 12.1. The van der Waals surface area contributed by atoms with Crippen molar-refractivity contribution in [1.29, 1.82) is 0 Å². The summed E-state index contributed by atoms with van der Waals surface area (Å²) >= 11 is 0. The Labute approximate surface area is 116 Å². The minimum atomic E-state index is -0.0246. The Balaban J connectivity index is 2.01. The average Bonchev–Trinajstić information content (AvgIpc) is 2.36. The van der Waals surface area contributed by atoms with Crippen LogP contribution < -0.4 is 5.32 Å². The molecule has 1 aromatic carbocycles. The maximum atomic E-state index is 9.36.